The van der Waals surface area contributed by atoms with Crippen LogP contribution < -0.4 is 11.2 Å². The van der Waals surface area contributed by atoms with Gasteiger partial charge in [0.05, 0.1) is 12.7 Å². The maximum atomic E-state index is 14.3. The van der Waals surface area contributed by atoms with E-state index >= 15 is 0 Å². The summed E-state index contributed by atoms with van der Waals surface area (Å²) in [4.78, 5) is 30.4. The van der Waals surface area contributed by atoms with E-state index in [0.717, 1.165) is 10.1 Å². The largest absolute Gasteiger partial charge is 0.423 e. The fourth-order valence-corrected chi connectivity index (χ4v) is 3.83. The van der Waals surface area contributed by atoms with Crippen molar-refractivity contribution >= 4 is 40.2 Å². The molecule has 0 radical (unpaired) electrons. The van der Waals surface area contributed by atoms with Crippen LogP contribution in [0.2, 0.25) is 10.0 Å². The highest BCUT2D eigenvalue weighted by Crippen LogP contribution is 2.26. The number of halogens is 3. The van der Waals surface area contributed by atoms with Crippen molar-refractivity contribution < 1.29 is 8.81 Å². The molecule has 0 aliphatic rings. The van der Waals surface area contributed by atoms with Gasteiger partial charge in [-0.15, -0.1) is 0 Å². The summed E-state index contributed by atoms with van der Waals surface area (Å²) in [6, 6.07) is 11.2. The number of imidazole rings is 1. The Bertz CT molecular complexity index is 1580. The summed E-state index contributed by atoms with van der Waals surface area (Å²) in [5.74, 6) is 0.0139. The molecular weight excluding hydrogens is 446 g/mol. The molecule has 0 N–H and O–H groups in total. The van der Waals surface area contributed by atoms with Crippen molar-refractivity contribution in [3.05, 3.63) is 90.9 Å². The Morgan fingerprint density at radius 1 is 1.10 bits per heavy atom. The molecule has 0 amide bonds. The van der Waals surface area contributed by atoms with Gasteiger partial charge in [-0.25, -0.2) is 9.18 Å². The highest BCUT2D eigenvalue weighted by molar-refractivity contribution is 6.31. The van der Waals surface area contributed by atoms with Crippen LogP contribution in [-0.4, -0.2) is 18.5 Å². The van der Waals surface area contributed by atoms with E-state index in [1.807, 2.05) is 0 Å². The van der Waals surface area contributed by atoms with Crippen LogP contribution in [0, 0.1) is 5.82 Å². The smallest absolute Gasteiger partial charge is 0.332 e. The van der Waals surface area contributed by atoms with Crippen LogP contribution >= 0.6 is 23.2 Å². The summed E-state index contributed by atoms with van der Waals surface area (Å²) >= 11 is 12.0. The van der Waals surface area contributed by atoms with Crippen molar-refractivity contribution in [3.63, 3.8) is 0 Å². The minimum Gasteiger partial charge on any atom is -0.423 e. The quantitative estimate of drug-likeness (QED) is 0.407. The molecule has 0 unspecified atom stereocenters. The van der Waals surface area contributed by atoms with Gasteiger partial charge in [0.25, 0.3) is 5.56 Å². The SMILES string of the molecule is Cn1c(=O)n(Cc2c(F)cccc2Cl)c(=O)c2c1nc1oc(-c3ccc(Cl)cc3)cn12. The monoisotopic (exact) mass is 458 g/mol. The van der Waals surface area contributed by atoms with Gasteiger partial charge in [0.15, 0.2) is 16.9 Å². The molecule has 5 rings (SSSR count). The first-order valence-electron chi connectivity index (χ1n) is 9.15. The van der Waals surface area contributed by atoms with Crippen molar-refractivity contribution in [1.82, 2.24) is 18.5 Å². The molecule has 0 saturated carbocycles. The number of aromatic nitrogens is 4. The third kappa shape index (κ3) is 3.07. The molecule has 2 aromatic carbocycles. The third-order valence-electron chi connectivity index (χ3n) is 5.10. The van der Waals surface area contributed by atoms with Gasteiger partial charge in [0.2, 0.25) is 0 Å². The number of hydrogen-bond acceptors (Lipinski definition) is 4. The first kappa shape index (κ1) is 19.6. The van der Waals surface area contributed by atoms with Crippen LogP contribution in [0.5, 0.6) is 0 Å². The highest BCUT2D eigenvalue weighted by atomic mass is 35.5. The fourth-order valence-electron chi connectivity index (χ4n) is 3.48. The Morgan fingerprint density at radius 3 is 2.55 bits per heavy atom. The first-order valence-corrected chi connectivity index (χ1v) is 9.91. The van der Waals surface area contributed by atoms with Gasteiger partial charge in [-0.1, -0.05) is 29.3 Å². The van der Waals surface area contributed by atoms with Gasteiger partial charge in [0.1, 0.15) is 5.82 Å². The lowest BCUT2D eigenvalue weighted by Crippen LogP contribution is -2.39. The number of aryl methyl sites for hydroxylation is 1. The van der Waals surface area contributed by atoms with Gasteiger partial charge in [-0.2, -0.15) is 4.98 Å². The third-order valence-corrected chi connectivity index (χ3v) is 5.70. The predicted molar refractivity (Wildman–Crippen MR) is 115 cm³/mol. The van der Waals surface area contributed by atoms with Gasteiger partial charge >= 0.3 is 11.5 Å². The Labute approximate surface area is 183 Å². The van der Waals surface area contributed by atoms with Crippen molar-refractivity contribution in [2.75, 3.05) is 0 Å². The molecular formula is C21H13Cl2FN4O3. The average molecular weight is 459 g/mol. The minimum atomic E-state index is -0.643. The molecule has 31 heavy (non-hydrogen) atoms. The van der Waals surface area contributed by atoms with E-state index in [-0.39, 0.29) is 34.1 Å². The average Bonchev–Trinajstić information content (AvgIpc) is 3.30. The maximum absolute atomic E-state index is 14.3. The number of hydrogen-bond donors (Lipinski definition) is 0. The number of rotatable bonds is 3. The normalized spacial score (nSPS) is 11.6. The molecule has 10 heteroatoms. The summed E-state index contributed by atoms with van der Waals surface area (Å²) in [6.07, 6.45) is 1.61. The van der Waals surface area contributed by atoms with Crippen molar-refractivity contribution in [3.8, 4) is 11.3 Å². The summed E-state index contributed by atoms with van der Waals surface area (Å²) in [7, 11) is 1.48. The molecule has 0 aliphatic heterocycles. The number of benzene rings is 2. The minimum absolute atomic E-state index is 0.0533. The lowest BCUT2D eigenvalue weighted by Gasteiger charge is -2.10. The molecule has 0 atom stereocenters. The Kier molecular flexibility index (Phi) is 4.49. The van der Waals surface area contributed by atoms with Crippen LogP contribution in [0.3, 0.4) is 0 Å². The molecule has 3 heterocycles. The fraction of sp³-hybridized carbons (Fsp3) is 0.0952. The molecule has 5 aromatic rings. The molecule has 0 fully saturated rings. The van der Waals surface area contributed by atoms with E-state index in [4.69, 9.17) is 27.6 Å². The second-order valence-electron chi connectivity index (χ2n) is 6.97. The van der Waals surface area contributed by atoms with E-state index in [1.165, 1.54) is 34.2 Å². The van der Waals surface area contributed by atoms with Crippen LogP contribution in [0.25, 0.3) is 28.3 Å². The van der Waals surface area contributed by atoms with Crippen LogP contribution in [0.4, 0.5) is 4.39 Å². The number of nitrogens with zero attached hydrogens (tertiary/aromatic N) is 4. The van der Waals surface area contributed by atoms with E-state index in [9.17, 15) is 14.0 Å². The number of oxazole rings is 1. The van der Waals surface area contributed by atoms with Crippen LogP contribution in [-0.2, 0) is 13.6 Å². The summed E-state index contributed by atoms with van der Waals surface area (Å²) in [5.41, 5.74) is -0.187. The van der Waals surface area contributed by atoms with Crippen molar-refractivity contribution in [2.45, 2.75) is 6.54 Å². The van der Waals surface area contributed by atoms with Crippen LogP contribution in [0.15, 0.2) is 62.7 Å². The zero-order valence-electron chi connectivity index (χ0n) is 16.0. The first-order chi connectivity index (χ1) is 14.8. The molecule has 7 nitrogen and oxygen atoms in total. The van der Waals surface area contributed by atoms with Crippen molar-refractivity contribution in [2.24, 2.45) is 7.05 Å². The second-order valence-corrected chi connectivity index (χ2v) is 7.82. The van der Waals surface area contributed by atoms with Gasteiger partial charge < -0.3 is 4.42 Å². The zero-order valence-corrected chi connectivity index (χ0v) is 17.5. The van der Waals surface area contributed by atoms with Crippen LogP contribution in [0.1, 0.15) is 5.56 Å². The van der Waals surface area contributed by atoms with E-state index in [1.54, 1.807) is 30.5 Å². The van der Waals surface area contributed by atoms with E-state index in [0.29, 0.717) is 10.8 Å². The highest BCUT2D eigenvalue weighted by Gasteiger charge is 2.21. The topological polar surface area (TPSA) is 74.4 Å². The van der Waals surface area contributed by atoms with Gasteiger partial charge in [-0.05, 0) is 36.4 Å². The lowest BCUT2D eigenvalue weighted by molar-refractivity contribution is 0.582. The number of fused-ring (bicyclic) bond motifs is 3. The molecule has 0 spiro atoms. The second kappa shape index (κ2) is 7.11. The lowest BCUT2D eigenvalue weighted by atomic mass is 10.2. The zero-order chi connectivity index (χ0) is 21.9. The maximum Gasteiger partial charge on any atom is 0.332 e. The summed E-state index contributed by atoms with van der Waals surface area (Å²) < 4.78 is 23.7. The standard InChI is InChI=1S/C21H13Cl2FN4O3/c1-26-18-17(19(29)28(21(26)30)9-13-14(23)3-2-4-15(13)24)27-10-16(31-20(27)25-18)11-5-7-12(22)8-6-11/h2-8,10H,9H2,1H3. The summed E-state index contributed by atoms with van der Waals surface area (Å²) in [6.45, 7) is -0.317. The predicted octanol–water partition coefficient (Wildman–Crippen LogP) is 4.10. The van der Waals surface area contributed by atoms with Gasteiger partial charge in [0, 0.05) is 28.2 Å². The molecule has 3 aromatic heterocycles. The van der Waals surface area contributed by atoms with Crippen molar-refractivity contribution in [1.29, 1.82) is 0 Å². The molecule has 0 saturated heterocycles. The molecule has 156 valence electrons. The molecule has 0 bridgehead atoms. The van der Waals surface area contributed by atoms with Gasteiger partial charge in [-0.3, -0.25) is 18.3 Å². The Morgan fingerprint density at radius 2 is 1.84 bits per heavy atom. The molecule has 0 aliphatic carbocycles. The summed E-state index contributed by atoms with van der Waals surface area (Å²) in [5, 5.41) is 0.705. The Hall–Kier alpha value is -3.36. The van der Waals surface area contributed by atoms with E-state index in [2.05, 4.69) is 4.98 Å². The Balaban J connectivity index is 1.74. The van der Waals surface area contributed by atoms with E-state index < -0.39 is 17.1 Å².